The Balaban J connectivity index is 2.08. The zero-order valence-corrected chi connectivity index (χ0v) is 10.4. The second-order valence-electron chi connectivity index (χ2n) is 4.08. The highest BCUT2D eigenvalue weighted by molar-refractivity contribution is 5.44. The summed E-state index contributed by atoms with van der Waals surface area (Å²) in [4.78, 5) is 0. The fourth-order valence-corrected chi connectivity index (χ4v) is 1.73. The zero-order chi connectivity index (χ0) is 13.1. The van der Waals surface area contributed by atoms with Gasteiger partial charge in [0, 0.05) is 13.1 Å². The van der Waals surface area contributed by atoms with E-state index in [9.17, 15) is 8.78 Å². The summed E-state index contributed by atoms with van der Waals surface area (Å²) in [7, 11) is 1.84. The van der Waals surface area contributed by atoms with Crippen LogP contribution in [0.4, 0.5) is 14.5 Å². The van der Waals surface area contributed by atoms with Crippen molar-refractivity contribution in [3.8, 4) is 0 Å². The molecular formula is C13H15F2N3. The summed E-state index contributed by atoms with van der Waals surface area (Å²) >= 11 is 0. The van der Waals surface area contributed by atoms with Gasteiger partial charge in [0.2, 0.25) is 0 Å². The number of aromatic nitrogens is 2. The van der Waals surface area contributed by atoms with Gasteiger partial charge < -0.3 is 5.32 Å². The molecule has 0 atom stereocenters. The molecule has 0 unspecified atom stereocenters. The molecule has 0 fully saturated rings. The van der Waals surface area contributed by atoms with E-state index in [0.717, 1.165) is 23.9 Å². The number of halogens is 2. The van der Waals surface area contributed by atoms with Crippen molar-refractivity contribution in [3.05, 3.63) is 47.3 Å². The smallest absolute Gasteiger partial charge is 0.149 e. The zero-order valence-electron chi connectivity index (χ0n) is 10.4. The Labute approximate surface area is 104 Å². The topological polar surface area (TPSA) is 29.9 Å². The van der Waals surface area contributed by atoms with Crippen LogP contribution in [0.3, 0.4) is 0 Å². The third kappa shape index (κ3) is 2.67. The van der Waals surface area contributed by atoms with Crippen molar-refractivity contribution in [3.63, 3.8) is 0 Å². The van der Waals surface area contributed by atoms with Gasteiger partial charge in [-0.15, -0.1) is 0 Å². The molecule has 3 nitrogen and oxygen atoms in total. The maximum atomic E-state index is 13.4. The van der Waals surface area contributed by atoms with Crippen LogP contribution in [0.25, 0.3) is 0 Å². The van der Waals surface area contributed by atoms with Crippen LogP contribution in [0, 0.1) is 11.6 Å². The molecule has 0 radical (unpaired) electrons. The molecule has 0 aliphatic heterocycles. The second kappa shape index (κ2) is 5.16. The van der Waals surface area contributed by atoms with E-state index < -0.39 is 11.6 Å². The third-order valence-corrected chi connectivity index (χ3v) is 2.78. The Kier molecular flexibility index (Phi) is 3.60. The van der Waals surface area contributed by atoms with Gasteiger partial charge in [0.05, 0.1) is 23.6 Å². The number of aryl methyl sites for hydroxylation is 2. The van der Waals surface area contributed by atoms with Crippen LogP contribution < -0.4 is 5.32 Å². The standard InChI is InChI=1S/C13H15F2N3/c1-3-10-7-11(18(2)17-10)8-16-13-5-4-9(14)6-12(13)15/h4-7,16H,3,8H2,1-2H3. The van der Waals surface area contributed by atoms with Gasteiger partial charge in [-0.3, -0.25) is 4.68 Å². The molecule has 0 amide bonds. The van der Waals surface area contributed by atoms with E-state index in [4.69, 9.17) is 0 Å². The Bertz CT molecular complexity index is 549. The van der Waals surface area contributed by atoms with E-state index in [1.165, 1.54) is 12.1 Å². The summed E-state index contributed by atoms with van der Waals surface area (Å²) in [6.45, 7) is 2.48. The number of hydrogen-bond donors (Lipinski definition) is 1. The first-order chi connectivity index (χ1) is 8.60. The Morgan fingerprint density at radius 1 is 1.28 bits per heavy atom. The van der Waals surface area contributed by atoms with Crippen LogP contribution in [0.5, 0.6) is 0 Å². The molecule has 1 heterocycles. The molecule has 0 spiro atoms. The van der Waals surface area contributed by atoms with Gasteiger partial charge in [0.25, 0.3) is 0 Å². The van der Waals surface area contributed by atoms with Crippen LogP contribution in [-0.2, 0) is 20.0 Å². The van der Waals surface area contributed by atoms with E-state index in [0.29, 0.717) is 6.54 Å². The summed E-state index contributed by atoms with van der Waals surface area (Å²) in [5.41, 5.74) is 2.24. The lowest BCUT2D eigenvalue weighted by molar-refractivity contribution is 0.584. The summed E-state index contributed by atoms with van der Waals surface area (Å²) in [6, 6.07) is 5.45. The van der Waals surface area contributed by atoms with Crippen LogP contribution in [-0.4, -0.2) is 9.78 Å². The number of benzene rings is 1. The fraction of sp³-hybridized carbons (Fsp3) is 0.308. The van der Waals surface area contributed by atoms with Crippen molar-refractivity contribution in [1.29, 1.82) is 0 Å². The van der Waals surface area contributed by atoms with Crippen LogP contribution in [0.1, 0.15) is 18.3 Å². The SMILES string of the molecule is CCc1cc(CNc2ccc(F)cc2F)n(C)n1. The largest absolute Gasteiger partial charge is 0.377 e. The predicted octanol–water partition coefficient (Wildman–Crippen LogP) is 2.87. The summed E-state index contributed by atoms with van der Waals surface area (Å²) in [5.74, 6) is -1.17. The Hall–Kier alpha value is -1.91. The van der Waals surface area contributed by atoms with Crippen LogP contribution >= 0.6 is 0 Å². The average molecular weight is 251 g/mol. The number of nitrogens with zero attached hydrogens (tertiary/aromatic N) is 2. The molecule has 2 aromatic rings. The van der Waals surface area contributed by atoms with Gasteiger partial charge >= 0.3 is 0 Å². The fourth-order valence-electron chi connectivity index (χ4n) is 1.73. The maximum Gasteiger partial charge on any atom is 0.149 e. The summed E-state index contributed by atoms with van der Waals surface area (Å²) in [6.07, 6.45) is 0.860. The number of anilines is 1. The molecule has 0 aliphatic carbocycles. The van der Waals surface area contributed by atoms with E-state index in [2.05, 4.69) is 10.4 Å². The van der Waals surface area contributed by atoms with Gasteiger partial charge in [-0.1, -0.05) is 6.92 Å². The first-order valence-corrected chi connectivity index (χ1v) is 5.81. The Morgan fingerprint density at radius 2 is 2.06 bits per heavy atom. The van der Waals surface area contributed by atoms with Gasteiger partial charge in [-0.2, -0.15) is 5.10 Å². The van der Waals surface area contributed by atoms with Crippen LogP contribution in [0.2, 0.25) is 0 Å². The molecule has 5 heteroatoms. The molecule has 96 valence electrons. The van der Waals surface area contributed by atoms with Gasteiger partial charge in [-0.25, -0.2) is 8.78 Å². The first-order valence-electron chi connectivity index (χ1n) is 5.81. The van der Waals surface area contributed by atoms with Gasteiger partial charge in [-0.05, 0) is 24.6 Å². The lowest BCUT2D eigenvalue weighted by Gasteiger charge is -2.07. The predicted molar refractivity (Wildman–Crippen MR) is 66.3 cm³/mol. The minimum Gasteiger partial charge on any atom is -0.377 e. The average Bonchev–Trinajstić information content (AvgIpc) is 2.69. The quantitative estimate of drug-likeness (QED) is 0.905. The Morgan fingerprint density at radius 3 is 2.67 bits per heavy atom. The van der Waals surface area contributed by atoms with E-state index in [1.807, 2.05) is 20.0 Å². The van der Waals surface area contributed by atoms with Crippen molar-refractivity contribution in [2.75, 3.05) is 5.32 Å². The normalized spacial score (nSPS) is 10.7. The first kappa shape index (κ1) is 12.5. The van der Waals surface area contributed by atoms with E-state index >= 15 is 0 Å². The molecule has 1 N–H and O–H groups in total. The van der Waals surface area contributed by atoms with Crippen molar-refractivity contribution in [2.24, 2.45) is 7.05 Å². The highest BCUT2D eigenvalue weighted by atomic mass is 19.1. The lowest BCUT2D eigenvalue weighted by Crippen LogP contribution is -2.06. The lowest BCUT2D eigenvalue weighted by atomic mass is 10.2. The molecule has 1 aromatic heterocycles. The van der Waals surface area contributed by atoms with Gasteiger partial charge in [0.15, 0.2) is 0 Å². The molecule has 1 aromatic carbocycles. The monoisotopic (exact) mass is 251 g/mol. The molecule has 0 saturated carbocycles. The molecule has 18 heavy (non-hydrogen) atoms. The third-order valence-electron chi connectivity index (χ3n) is 2.78. The van der Waals surface area contributed by atoms with Gasteiger partial charge in [0.1, 0.15) is 11.6 Å². The summed E-state index contributed by atoms with van der Waals surface area (Å²) in [5, 5.41) is 7.23. The van der Waals surface area contributed by atoms with Crippen molar-refractivity contribution in [1.82, 2.24) is 9.78 Å². The van der Waals surface area contributed by atoms with Crippen molar-refractivity contribution >= 4 is 5.69 Å². The van der Waals surface area contributed by atoms with Crippen molar-refractivity contribution < 1.29 is 8.78 Å². The minimum absolute atomic E-state index is 0.288. The maximum absolute atomic E-state index is 13.4. The molecule has 0 saturated heterocycles. The van der Waals surface area contributed by atoms with Crippen molar-refractivity contribution in [2.45, 2.75) is 19.9 Å². The molecular weight excluding hydrogens is 236 g/mol. The highest BCUT2D eigenvalue weighted by Gasteiger charge is 2.06. The number of nitrogens with one attached hydrogen (secondary N) is 1. The van der Waals surface area contributed by atoms with E-state index in [1.54, 1.807) is 4.68 Å². The van der Waals surface area contributed by atoms with E-state index in [-0.39, 0.29) is 5.69 Å². The molecule has 0 aliphatic rings. The second-order valence-corrected chi connectivity index (χ2v) is 4.08. The molecule has 0 bridgehead atoms. The van der Waals surface area contributed by atoms with Crippen LogP contribution in [0.15, 0.2) is 24.3 Å². The number of hydrogen-bond acceptors (Lipinski definition) is 2. The number of rotatable bonds is 4. The minimum atomic E-state index is -0.590. The molecule has 2 rings (SSSR count). The highest BCUT2D eigenvalue weighted by Crippen LogP contribution is 2.16. The summed E-state index contributed by atoms with van der Waals surface area (Å²) < 4.78 is 27.9.